The summed E-state index contributed by atoms with van der Waals surface area (Å²) < 4.78 is 0. The van der Waals surface area contributed by atoms with Crippen LogP contribution in [0.1, 0.15) is 59.7 Å². The molecule has 1 saturated heterocycles. The van der Waals surface area contributed by atoms with Gasteiger partial charge in [0.25, 0.3) is 0 Å². The molecule has 1 heterocycles. The van der Waals surface area contributed by atoms with Crippen LogP contribution in [0.2, 0.25) is 0 Å². The average Bonchev–Trinajstić information content (AvgIpc) is 3.16. The summed E-state index contributed by atoms with van der Waals surface area (Å²) >= 11 is 0. The number of carbonyl (C=O) groups is 3. The van der Waals surface area contributed by atoms with E-state index in [-0.39, 0.29) is 23.3 Å². The molecule has 0 spiro atoms. The van der Waals surface area contributed by atoms with Gasteiger partial charge in [0, 0.05) is 34.6 Å². The molecule has 1 fully saturated rings. The van der Waals surface area contributed by atoms with Gasteiger partial charge >= 0.3 is 0 Å². The summed E-state index contributed by atoms with van der Waals surface area (Å²) in [7, 11) is 0. The summed E-state index contributed by atoms with van der Waals surface area (Å²) in [6, 6.07) is 7.02. The summed E-state index contributed by atoms with van der Waals surface area (Å²) in [5.41, 5.74) is 2.05. The Morgan fingerprint density at radius 1 is 0.962 bits per heavy atom. The smallest absolute Gasteiger partial charge is 0.190 e. The molecule has 1 aromatic rings. The van der Waals surface area contributed by atoms with E-state index >= 15 is 0 Å². The van der Waals surface area contributed by atoms with Crippen molar-refractivity contribution in [1.29, 1.82) is 0 Å². The lowest BCUT2D eigenvalue weighted by molar-refractivity contribution is -0.122. The van der Waals surface area contributed by atoms with Crippen LogP contribution in [-0.4, -0.2) is 41.9 Å². The van der Waals surface area contributed by atoms with Crippen LogP contribution in [0, 0.1) is 11.8 Å². The van der Waals surface area contributed by atoms with Crippen LogP contribution < -0.4 is 0 Å². The van der Waals surface area contributed by atoms with Crippen LogP contribution in [0.3, 0.4) is 0 Å². The first-order valence-corrected chi connectivity index (χ1v) is 9.75. The Balaban J connectivity index is 1.62. The van der Waals surface area contributed by atoms with Gasteiger partial charge in [0.1, 0.15) is 5.78 Å². The Bertz CT molecular complexity index is 801. The fraction of sp³-hybridized carbons (Fsp3) is 0.500. The molecule has 4 rings (SSSR count). The maximum absolute atomic E-state index is 13.1. The Morgan fingerprint density at radius 3 is 2.23 bits per heavy atom. The quantitative estimate of drug-likeness (QED) is 0.833. The number of fused-ring (bicyclic) bond motifs is 1. The van der Waals surface area contributed by atoms with E-state index in [0.29, 0.717) is 28.7 Å². The number of nitrogens with zero attached hydrogens (tertiary/aromatic N) is 1. The molecule has 0 amide bonds. The van der Waals surface area contributed by atoms with Gasteiger partial charge in [-0.25, -0.2) is 0 Å². The summed E-state index contributed by atoms with van der Waals surface area (Å²) in [4.78, 5) is 41.1. The Morgan fingerprint density at radius 2 is 1.58 bits per heavy atom. The highest BCUT2D eigenvalue weighted by molar-refractivity contribution is 6.29. The van der Waals surface area contributed by atoms with Gasteiger partial charge in [-0.15, -0.1) is 0 Å². The molecule has 4 nitrogen and oxygen atoms in total. The lowest BCUT2D eigenvalue weighted by atomic mass is 9.67. The van der Waals surface area contributed by atoms with Crippen molar-refractivity contribution in [3.8, 4) is 0 Å². The van der Waals surface area contributed by atoms with E-state index < -0.39 is 5.92 Å². The second-order valence-corrected chi connectivity index (χ2v) is 7.81. The van der Waals surface area contributed by atoms with Gasteiger partial charge in [-0.1, -0.05) is 31.2 Å². The van der Waals surface area contributed by atoms with Crippen LogP contribution in [0.25, 0.3) is 0 Å². The van der Waals surface area contributed by atoms with E-state index in [4.69, 9.17) is 0 Å². The third kappa shape index (κ3) is 2.86. The van der Waals surface area contributed by atoms with Crippen molar-refractivity contribution in [2.45, 2.75) is 39.0 Å². The molecule has 136 valence electrons. The predicted molar refractivity (Wildman–Crippen MR) is 99.3 cm³/mol. The van der Waals surface area contributed by atoms with Crippen molar-refractivity contribution in [1.82, 2.24) is 4.90 Å². The number of benzene rings is 1. The molecule has 1 aromatic carbocycles. The van der Waals surface area contributed by atoms with Crippen molar-refractivity contribution in [3.05, 3.63) is 46.5 Å². The third-order valence-electron chi connectivity index (χ3n) is 6.19. The topological polar surface area (TPSA) is 54.5 Å². The van der Waals surface area contributed by atoms with Crippen LogP contribution in [0.15, 0.2) is 35.4 Å². The van der Waals surface area contributed by atoms with Gasteiger partial charge in [0.05, 0.1) is 0 Å². The Labute approximate surface area is 154 Å². The minimum Gasteiger partial charge on any atom is -0.303 e. The predicted octanol–water partition coefficient (Wildman–Crippen LogP) is 3.46. The SMILES string of the molecule is CC1C(=O)CC(CCCN2CCCC2)C2=C1C(=O)c1ccccc1C2=O. The van der Waals surface area contributed by atoms with E-state index in [1.807, 2.05) is 0 Å². The van der Waals surface area contributed by atoms with Gasteiger partial charge in [-0.3, -0.25) is 14.4 Å². The highest BCUT2D eigenvalue weighted by atomic mass is 16.1. The second-order valence-electron chi connectivity index (χ2n) is 7.81. The van der Waals surface area contributed by atoms with Crippen molar-refractivity contribution >= 4 is 17.3 Å². The van der Waals surface area contributed by atoms with E-state index in [0.717, 1.165) is 32.5 Å². The number of carbonyl (C=O) groups excluding carboxylic acids is 3. The molecular weight excluding hydrogens is 326 g/mol. The molecule has 26 heavy (non-hydrogen) atoms. The third-order valence-corrected chi connectivity index (χ3v) is 6.19. The number of rotatable bonds is 4. The maximum Gasteiger partial charge on any atom is 0.190 e. The molecule has 0 bridgehead atoms. The second kappa shape index (κ2) is 6.92. The van der Waals surface area contributed by atoms with Crippen molar-refractivity contribution < 1.29 is 14.4 Å². The van der Waals surface area contributed by atoms with Gasteiger partial charge < -0.3 is 4.90 Å². The molecule has 4 heteroatoms. The van der Waals surface area contributed by atoms with Gasteiger partial charge in [0.15, 0.2) is 11.6 Å². The number of hydrogen-bond donors (Lipinski definition) is 0. The normalized spacial score (nSPS) is 26.3. The minimum atomic E-state index is -0.468. The molecule has 2 aliphatic carbocycles. The number of likely N-dealkylation sites (tertiary alicyclic amines) is 1. The summed E-state index contributed by atoms with van der Waals surface area (Å²) in [6.07, 6.45) is 4.68. The molecule has 0 aromatic heterocycles. The van der Waals surface area contributed by atoms with Crippen LogP contribution in [0.5, 0.6) is 0 Å². The molecule has 0 N–H and O–H groups in total. The first-order valence-electron chi connectivity index (χ1n) is 9.75. The number of ketones is 3. The van der Waals surface area contributed by atoms with E-state index in [2.05, 4.69) is 4.90 Å². The van der Waals surface area contributed by atoms with Crippen LogP contribution in [-0.2, 0) is 4.79 Å². The highest BCUT2D eigenvalue weighted by Gasteiger charge is 2.43. The zero-order chi connectivity index (χ0) is 18.3. The standard InChI is InChI=1S/C22H25NO3/c1-14-18(24)13-15(7-6-12-23-10-4-5-11-23)20-19(14)21(25)16-8-2-3-9-17(16)22(20)26/h2-3,8-9,14-15H,4-7,10-13H2,1H3. The fourth-order valence-corrected chi connectivity index (χ4v) is 4.75. The largest absolute Gasteiger partial charge is 0.303 e. The zero-order valence-corrected chi connectivity index (χ0v) is 15.3. The van der Waals surface area contributed by atoms with Crippen LogP contribution >= 0.6 is 0 Å². The summed E-state index contributed by atoms with van der Waals surface area (Å²) in [5, 5.41) is 0. The number of hydrogen-bond acceptors (Lipinski definition) is 4. The number of allylic oxidation sites excluding steroid dienone is 2. The van der Waals surface area contributed by atoms with Crippen molar-refractivity contribution in [3.63, 3.8) is 0 Å². The van der Waals surface area contributed by atoms with Crippen molar-refractivity contribution in [2.24, 2.45) is 11.8 Å². The minimum absolute atomic E-state index is 0.0410. The lowest BCUT2D eigenvalue weighted by Crippen LogP contribution is -2.37. The highest BCUT2D eigenvalue weighted by Crippen LogP contribution is 2.41. The van der Waals surface area contributed by atoms with Crippen molar-refractivity contribution in [2.75, 3.05) is 19.6 Å². The number of Topliss-reactive ketones (excluding diaryl/α,β-unsaturated/α-hetero) is 3. The Hall–Kier alpha value is -2.07. The first kappa shape index (κ1) is 17.3. The Kier molecular flexibility index (Phi) is 4.62. The molecule has 2 atom stereocenters. The molecule has 0 radical (unpaired) electrons. The average molecular weight is 351 g/mol. The van der Waals surface area contributed by atoms with Gasteiger partial charge in [-0.05, 0) is 51.2 Å². The van der Waals surface area contributed by atoms with E-state index in [1.165, 1.54) is 12.8 Å². The molecule has 0 saturated carbocycles. The monoisotopic (exact) mass is 351 g/mol. The first-order chi connectivity index (χ1) is 12.6. The van der Waals surface area contributed by atoms with Gasteiger partial charge in [0.2, 0.25) is 0 Å². The van der Waals surface area contributed by atoms with Gasteiger partial charge in [-0.2, -0.15) is 0 Å². The zero-order valence-electron chi connectivity index (χ0n) is 15.3. The fourth-order valence-electron chi connectivity index (χ4n) is 4.75. The molecule has 2 unspecified atom stereocenters. The van der Waals surface area contributed by atoms with Crippen LogP contribution in [0.4, 0.5) is 0 Å². The lowest BCUT2D eigenvalue weighted by Gasteiger charge is -2.34. The summed E-state index contributed by atoms with van der Waals surface area (Å²) in [5.74, 6) is -0.651. The molecule has 1 aliphatic heterocycles. The molecular formula is C22H25NO3. The summed E-state index contributed by atoms with van der Waals surface area (Å²) in [6.45, 7) is 5.09. The maximum atomic E-state index is 13.1. The molecule has 3 aliphatic rings. The van der Waals surface area contributed by atoms with E-state index in [1.54, 1.807) is 31.2 Å². The van der Waals surface area contributed by atoms with E-state index in [9.17, 15) is 14.4 Å².